The first-order chi connectivity index (χ1) is 11.5. The van der Waals surface area contributed by atoms with E-state index in [1.807, 2.05) is 19.1 Å². The molecule has 0 atom stereocenters. The van der Waals surface area contributed by atoms with Crippen molar-refractivity contribution in [3.8, 4) is 5.75 Å². The molecule has 0 fully saturated rings. The van der Waals surface area contributed by atoms with E-state index in [9.17, 15) is 9.59 Å². The Bertz CT molecular complexity index is 749. The second kappa shape index (κ2) is 7.68. The van der Waals surface area contributed by atoms with Crippen LogP contribution in [0.25, 0.3) is 0 Å². The van der Waals surface area contributed by atoms with Gasteiger partial charge in [0.05, 0.1) is 25.0 Å². The van der Waals surface area contributed by atoms with Gasteiger partial charge in [-0.05, 0) is 38.0 Å². The Hall–Kier alpha value is -2.76. The maximum absolute atomic E-state index is 12.6. The molecule has 0 aliphatic heterocycles. The average Bonchev–Trinajstić information content (AvgIpc) is 2.88. The number of aromatic amines is 1. The van der Waals surface area contributed by atoms with Gasteiger partial charge in [0, 0.05) is 5.69 Å². The Morgan fingerprint density at radius 3 is 2.58 bits per heavy atom. The van der Waals surface area contributed by atoms with Gasteiger partial charge in [0.2, 0.25) is 0 Å². The summed E-state index contributed by atoms with van der Waals surface area (Å²) in [5.41, 5.74) is 2.46. The molecule has 0 aliphatic rings. The maximum atomic E-state index is 12.6. The smallest absolute Gasteiger partial charge is 0.339 e. The lowest BCUT2D eigenvalue weighted by atomic mass is 10.1. The lowest BCUT2D eigenvalue weighted by Gasteiger charge is -2.11. The van der Waals surface area contributed by atoms with Crippen LogP contribution in [0.3, 0.4) is 0 Å². The molecule has 1 aromatic carbocycles. The standard InChI is InChI=1S/C18H22N2O4/c1-5-10-24-14-9-7-6-8-13(14)20-17(21)16-11(2)15(12(3)19-16)18(22)23-4/h6-9,19H,5,10H2,1-4H3,(H,20,21). The third kappa shape index (κ3) is 3.59. The van der Waals surface area contributed by atoms with Crippen molar-refractivity contribution in [1.29, 1.82) is 0 Å². The van der Waals surface area contributed by atoms with Crippen molar-refractivity contribution < 1.29 is 19.1 Å². The molecular formula is C18H22N2O4. The molecule has 6 heteroatoms. The number of aryl methyl sites for hydroxylation is 1. The van der Waals surface area contributed by atoms with E-state index in [-0.39, 0.29) is 5.91 Å². The molecule has 0 bridgehead atoms. The number of para-hydroxylation sites is 2. The topological polar surface area (TPSA) is 80.4 Å². The Morgan fingerprint density at radius 1 is 1.21 bits per heavy atom. The SMILES string of the molecule is CCCOc1ccccc1NC(=O)c1[nH]c(C)c(C(=O)OC)c1C. The van der Waals surface area contributed by atoms with E-state index in [0.717, 1.165) is 6.42 Å². The number of nitrogens with one attached hydrogen (secondary N) is 2. The molecule has 1 aromatic heterocycles. The minimum atomic E-state index is -0.466. The van der Waals surface area contributed by atoms with Gasteiger partial charge in [-0.2, -0.15) is 0 Å². The number of aromatic nitrogens is 1. The van der Waals surface area contributed by atoms with Crippen LogP contribution in [0.2, 0.25) is 0 Å². The lowest BCUT2D eigenvalue weighted by Crippen LogP contribution is -2.15. The van der Waals surface area contributed by atoms with E-state index in [1.165, 1.54) is 7.11 Å². The lowest BCUT2D eigenvalue weighted by molar-refractivity contribution is 0.0599. The highest BCUT2D eigenvalue weighted by Gasteiger charge is 2.23. The van der Waals surface area contributed by atoms with Gasteiger partial charge >= 0.3 is 5.97 Å². The minimum absolute atomic E-state index is 0.332. The van der Waals surface area contributed by atoms with Crippen LogP contribution in [0.4, 0.5) is 5.69 Å². The van der Waals surface area contributed by atoms with Gasteiger partial charge in [-0.15, -0.1) is 0 Å². The first kappa shape index (κ1) is 17.6. The number of ether oxygens (including phenoxy) is 2. The van der Waals surface area contributed by atoms with E-state index < -0.39 is 5.97 Å². The van der Waals surface area contributed by atoms with Gasteiger partial charge in [0.25, 0.3) is 5.91 Å². The number of amides is 1. The van der Waals surface area contributed by atoms with Gasteiger partial charge in [-0.1, -0.05) is 19.1 Å². The summed E-state index contributed by atoms with van der Waals surface area (Å²) in [5, 5.41) is 2.83. The zero-order chi connectivity index (χ0) is 17.7. The Morgan fingerprint density at radius 2 is 1.92 bits per heavy atom. The van der Waals surface area contributed by atoms with Crippen molar-refractivity contribution >= 4 is 17.6 Å². The van der Waals surface area contributed by atoms with Crippen molar-refractivity contribution in [3.05, 3.63) is 46.8 Å². The Kier molecular flexibility index (Phi) is 5.63. The fraction of sp³-hybridized carbons (Fsp3) is 0.333. The molecular weight excluding hydrogens is 308 g/mol. The number of benzene rings is 1. The summed E-state index contributed by atoms with van der Waals surface area (Å²) >= 11 is 0. The van der Waals surface area contributed by atoms with E-state index in [4.69, 9.17) is 9.47 Å². The fourth-order valence-corrected chi connectivity index (χ4v) is 2.48. The third-order valence-electron chi connectivity index (χ3n) is 3.65. The zero-order valence-corrected chi connectivity index (χ0v) is 14.4. The van der Waals surface area contributed by atoms with Gasteiger partial charge < -0.3 is 19.8 Å². The highest BCUT2D eigenvalue weighted by atomic mass is 16.5. The number of esters is 1. The Balaban J connectivity index is 2.27. The van der Waals surface area contributed by atoms with Crippen molar-refractivity contribution in [2.24, 2.45) is 0 Å². The summed E-state index contributed by atoms with van der Waals surface area (Å²) in [7, 11) is 1.31. The van der Waals surface area contributed by atoms with Crippen LogP contribution in [0.5, 0.6) is 5.75 Å². The highest BCUT2D eigenvalue weighted by molar-refractivity contribution is 6.07. The molecule has 2 rings (SSSR count). The van der Waals surface area contributed by atoms with Gasteiger partial charge in [-0.25, -0.2) is 4.79 Å². The van der Waals surface area contributed by atoms with E-state index >= 15 is 0 Å². The zero-order valence-electron chi connectivity index (χ0n) is 14.4. The summed E-state index contributed by atoms with van der Waals surface area (Å²) in [6.07, 6.45) is 0.875. The van der Waals surface area contributed by atoms with Crippen molar-refractivity contribution in [3.63, 3.8) is 0 Å². The molecule has 2 N–H and O–H groups in total. The second-order valence-corrected chi connectivity index (χ2v) is 5.42. The molecule has 24 heavy (non-hydrogen) atoms. The molecule has 2 aromatic rings. The normalized spacial score (nSPS) is 10.3. The fourth-order valence-electron chi connectivity index (χ4n) is 2.48. The maximum Gasteiger partial charge on any atom is 0.339 e. The number of hydrogen-bond acceptors (Lipinski definition) is 4. The van der Waals surface area contributed by atoms with Crippen LogP contribution < -0.4 is 10.1 Å². The summed E-state index contributed by atoms with van der Waals surface area (Å²) in [4.78, 5) is 27.4. The van der Waals surface area contributed by atoms with Crippen LogP contribution in [0.1, 0.15) is 45.4 Å². The van der Waals surface area contributed by atoms with Crippen LogP contribution in [0.15, 0.2) is 24.3 Å². The van der Waals surface area contributed by atoms with Crippen molar-refractivity contribution in [1.82, 2.24) is 4.98 Å². The number of methoxy groups -OCH3 is 1. The number of carbonyl (C=O) groups excluding carboxylic acids is 2. The summed E-state index contributed by atoms with van der Waals surface area (Å²) in [6, 6.07) is 7.24. The molecule has 0 saturated carbocycles. The first-order valence-electron chi connectivity index (χ1n) is 7.80. The third-order valence-corrected chi connectivity index (χ3v) is 3.65. The molecule has 1 heterocycles. The predicted molar refractivity (Wildman–Crippen MR) is 91.8 cm³/mol. The number of anilines is 1. The molecule has 0 spiro atoms. The highest BCUT2D eigenvalue weighted by Crippen LogP contribution is 2.26. The minimum Gasteiger partial charge on any atom is -0.491 e. The molecule has 0 aliphatic carbocycles. The predicted octanol–water partition coefficient (Wildman–Crippen LogP) is 3.46. The number of rotatable bonds is 6. The number of hydrogen-bond donors (Lipinski definition) is 2. The monoisotopic (exact) mass is 330 g/mol. The van der Waals surface area contributed by atoms with E-state index in [0.29, 0.717) is 40.6 Å². The summed E-state index contributed by atoms with van der Waals surface area (Å²) in [6.45, 7) is 6.03. The van der Waals surface area contributed by atoms with Crippen molar-refractivity contribution in [2.45, 2.75) is 27.2 Å². The number of carbonyl (C=O) groups is 2. The molecule has 0 saturated heterocycles. The largest absolute Gasteiger partial charge is 0.491 e. The Labute approximate surface area is 141 Å². The van der Waals surface area contributed by atoms with Crippen LogP contribution in [-0.2, 0) is 4.74 Å². The second-order valence-electron chi connectivity index (χ2n) is 5.42. The summed E-state index contributed by atoms with van der Waals surface area (Å²) in [5.74, 6) is -0.188. The van der Waals surface area contributed by atoms with E-state index in [2.05, 4.69) is 10.3 Å². The first-order valence-corrected chi connectivity index (χ1v) is 7.80. The van der Waals surface area contributed by atoms with Gasteiger partial charge in [0.1, 0.15) is 11.4 Å². The number of H-pyrrole nitrogens is 1. The van der Waals surface area contributed by atoms with Gasteiger partial charge in [-0.3, -0.25) is 4.79 Å². The molecule has 0 unspecified atom stereocenters. The quantitative estimate of drug-likeness (QED) is 0.795. The molecule has 1 amide bonds. The summed E-state index contributed by atoms with van der Waals surface area (Å²) < 4.78 is 10.4. The molecule has 0 radical (unpaired) electrons. The molecule has 128 valence electrons. The van der Waals surface area contributed by atoms with Crippen LogP contribution >= 0.6 is 0 Å². The van der Waals surface area contributed by atoms with Crippen molar-refractivity contribution in [2.75, 3.05) is 19.0 Å². The van der Waals surface area contributed by atoms with Gasteiger partial charge in [0.15, 0.2) is 0 Å². The van der Waals surface area contributed by atoms with E-state index in [1.54, 1.807) is 26.0 Å². The molecule has 6 nitrogen and oxygen atoms in total. The van der Waals surface area contributed by atoms with Crippen LogP contribution in [0, 0.1) is 13.8 Å². The average molecular weight is 330 g/mol. The van der Waals surface area contributed by atoms with Crippen LogP contribution in [-0.4, -0.2) is 30.6 Å².